The minimum Gasteiger partial charge on any atom is -0.480 e. The van der Waals surface area contributed by atoms with Crippen LogP contribution in [0.15, 0.2) is 0 Å². The summed E-state index contributed by atoms with van der Waals surface area (Å²) in [7, 11) is 0. The largest absolute Gasteiger partial charge is 0.480 e. The predicted molar refractivity (Wildman–Crippen MR) is 70.4 cm³/mol. The van der Waals surface area contributed by atoms with Crippen LogP contribution in [0.4, 0.5) is 4.79 Å². The zero-order valence-electron chi connectivity index (χ0n) is 11.8. The number of rotatable bonds is 7. The molecule has 110 valence electrons. The molecule has 0 aliphatic carbocycles. The standard InChI is InChI=1S/C12H23N3O4/c1-7(2)5-9(11(17)18)14-12(19)15(8(3)4)6-10(13)16/h7-9H,5-6H2,1-4H3,(H2,13,16)(H,14,19)(H,17,18). The van der Waals surface area contributed by atoms with E-state index in [4.69, 9.17) is 10.8 Å². The number of carbonyl (C=O) groups is 3. The molecular formula is C12H23N3O4. The Bertz CT molecular complexity index is 342. The van der Waals surface area contributed by atoms with Gasteiger partial charge in [0.1, 0.15) is 12.6 Å². The summed E-state index contributed by atoms with van der Waals surface area (Å²) in [6.07, 6.45) is 0.323. The second-order valence-electron chi connectivity index (χ2n) is 5.16. The lowest BCUT2D eigenvalue weighted by molar-refractivity contribution is -0.139. The van der Waals surface area contributed by atoms with Gasteiger partial charge in [-0.1, -0.05) is 13.8 Å². The van der Waals surface area contributed by atoms with Crippen LogP contribution in [0.5, 0.6) is 0 Å². The molecule has 0 aliphatic heterocycles. The molecule has 0 aromatic heterocycles. The van der Waals surface area contributed by atoms with Gasteiger partial charge < -0.3 is 21.1 Å². The van der Waals surface area contributed by atoms with Crippen molar-refractivity contribution >= 4 is 17.9 Å². The molecule has 3 amide bonds. The highest BCUT2D eigenvalue weighted by atomic mass is 16.4. The highest BCUT2D eigenvalue weighted by molar-refractivity contribution is 5.86. The van der Waals surface area contributed by atoms with Gasteiger partial charge in [0.25, 0.3) is 0 Å². The normalized spacial score (nSPS) is 12.3. The molecule has 0 aromatic carbocycles. The van der Waals surface area contributed by atoms with Crippen molar-refractivity contribution in [3.63, 3.8) is 0 Å². The Labute approximate surface area is 113 Å². The lowest BCUT2D eigenvalue weighted by Crippen LogP contribution is -2.52. The Morgan fingerprint density at radius 2 is 1.74 bits per heavy atom. The van der Waals surface area contributed by atoms with Crippen LogP contribution in [-0.4, -0.2) is 46.5 Å². The summed E-state index contributed by atoms with van der Waals surface area (Å²) in [6, 6.07) is -1.82. The number of primary amides is 1. The maximum Gasteiger partial charge on any atom is 0.326 e. The van der Waals surface area contributed by atoms with Gasteiger partial charge in [-0.05, 0) is 26.2 Å². The molecule has 4 N–H and O–H groups in total. The summed E-state index contributed by atoms with van der Waals surface area (Å²) < 4.78 is 0. The van der Waals surface area contributed by atoms with E-state index in [1.807, 2.05) is 13.8 Å². The van der Waals surface area contributed by atoms with Crippen LogP contribution < -0.4 is 11.1 Å². The smallest absolute Gasteiger partial charge is 0.326 e. The summed E-state index contributed by atoms with van der Waals surface area (Å²) in [5, 5.41) is 11.5. The number of urea groups is 1. The van der Waals surface area contributed by atoms with Gasteiger partial charge in [-0.15, -0.1) is 0 Å². The van der Waals surface area contributed by atoms with Crippen LogP contribution in [0.25, 0.3) is 0 Å². The first kappa shape index (κ1) is 17.2. The van der Waals surface area contributed by atoms with Gasteiger partial charge in [-0.3, -0.25) is 4.79 Å². The molecule has 7 nitrogen and oxygen atoms in total. The zero-order chi connectivity index (χ0) is 15.2. The maximum atomic E-state index is 12.0. The van der Waals surface area contributed by atoms with Crippen LogP contribution in [-0.2, 0) is 9.59 Å². The third-order valence-corrected chi connectivity index (χ3v) is 2.51. The van der Waals surface area contributed by atoms with Gasteiger partial charge in [-0.25, -0.2) is 9.59 Å². The molecule has 0 saturated heterocycles. The highest BCUT2D eigenvalue weighted by Crippen LogP contribution is 2.07. The second kappa shape index (κ2) is 7.60. The van der Waals surface area contributed by atoms with E-state index in [0.29, 0.717) is 6.42 Å². The van der Waals surface area contributed by atoms with Gasteiger partial charge in [0, 0.05) is 6.04 Å². The van der Waals surface area contributed by atoms with Gasteiger partial charge in [0.15, 0.2) is 0 Å². The molecule has 0 saturated carbocycles. The molecule has 0 aromatic rings. The first-order valence-corrected chi connectivity index (χ1v) is 6.23. The van der Waals surface area contributed by atoms with Crippen molar-refractivity contribution in [2.24, 2.45) is 11.7 Å². The Morgan fingerprint density at radius 3 is 2.05 bits per heavy atom. The molecule has 7 heteroatoms. The fraction of sp³-hybridized carbons (Fsp3) is 0.750. The van der Waals surface area contributed by atoms with Crippen LogP contribution >= 0.6 is 0 Å². The number of hydrogen-bond donors (Lipinski definition) is 3. The Hall–Kier alpha value is -1.79. The Morgan fingerprint density at radius 1 is 1.21 bits per heavy atom. The monoisotopic (exact) mass is 273 g/mol. The van der Waals surface area contributed by atoms with E-state index in [1.165, 1.54) is 4.90 Å². The lowest BCUT2D eigenvalue weighted by atomic mass is 10.0. The molecule has 0 rings (SSSR count). The van der Waals surface area contributed by atoms with Crippen molar-refractivity contribution < 1.29 is 19.5 Å². The van der Waals surface area contributed by atoms with E-state index >= 15 is 0 Å². The summed E-state index contributed by atoms with van der Waals surface area (Å²) in [6.45, 7) is 6.94. The SMILES string of the molecule is CC(C)CC(NC(=O)N(CC(N)=O)C(C)C)C(=O)O. The number of nitrogens with zero attached hydrogens (tertiary/aromatic N) is 1. The summed E-state index contributed by atoms with van der Waals surface area (Å²) in [5.41, 5.74) is 5.06. The number of nitrogens with one attached hydrogen (secondary N) is 1. The number of aliphatic carboxylic acids is 1. The first-order chi connectivity index (χ1) is 8.65. The Balaban J connectivity index is 4.75. The number of carboxylic acid groups (broad SMARTS) is 1. The summed E-state index contributed by atoms with van der Waals surface area (Å²) >= 11 is 0. The molecule has 0 aliphatic rings. The maximum absolute atomic E-state index is 12.0. The fourth-order valence-corrected chi connectivity index (χ4v) is 1.58. The average molecular weight is 273 g/mol. The summed E-state index contributed by atoms with van der Waals surface area (Å²) in [5.74, 6) is -1.60. The minimum absolute atomic E-state index is 0.130. The zero-order valence-corrected chi connectivity index (χ0v) is 11.8. The molecule has 0 bridgehead atoms. The molecule has 0 fully saturated rings. The van der Waals surface area contributed by atoms with Crippen molar-refractivity contribution in [1.82, 2.24) is 10.2 Å². The molecule has 1 atom stereocenters. The second-order valence-corrected chi connectivity index (χ2v) is 5.16. The van der Waals surface area contributed by atoms with Crippen molar-refractivity contribution in [1.29, 1.82) is 0 Å². The van der Waals surface area contributed by atoms with Crippen LogP contribution in [0.2, 0.25) is 0 Å². The van der Waals surface area contributed by atoms with Crippen molar-refractivity contribution in [2.45, 2.75) is 46.2 Å². The minimum atomic E-state index is -1.09. The lowest BCUT2D eigenvalue weighted by Gasteiger charge is -2.27. The van der Waals surface area contributed by atoms with Crippen LogP contribution in [0.3, 0.4) is 0 Å². The summed E-state index contributed by atoms with van der Waals surface area (Å²) in [4.78, 5) is 35.1. The van der Waals surface area contributed by atoms with E-state index in [1.54, 1.807) is 13.8 Å². The van der Waals surface area contributed by atoms with E-state index in [9.17, 15) is 14.4 Å². The number of carbonyl (C=O) groups excluding carboxylic acids is 2. The topological polar surface area (TPSA) is 113 Å². The van der Waals surface area contributed by atoms with Gasteiger partial charge in [0.05, 0.1) is 0 Å². The quantitative estimate of drug-likeness (QED) is 0.622. The van der Waals surface area contributed by atoms with Crippen molar-refractivity contribution in [3.8, 4) is 0 Å². The molecular weight excluding hydrogens is 250 g/mol. The van der Waals surface area contributed by atoms with Gasteiger partial charge in [-0.2, -0.15) is 0 Å². The molecule has 0 heterocycles. The van der Waals surface area contributed by atoms with E-state index in [-0.39, 0.29) is 18.5 Å². The van der Waals surface area contributed by atoms with Crippen LogP contribution in [0, 0.1) is 5.92 Å². The van der Waals surface area contributed by atoms with E-state index in [2.05, 4.69) is 5.32 Å². The van der Waals surface area contributed by atoms with Gasteiger partial charge in [0.2, 0.25) is 5.91 Å². The molecule has 0 spiro atoms. The number of amides is 3. The third kappa shape index (κ3) is 6.64. The number of nitrogens with two attached hydrogens (primary N) is 1. The van der Waals surface area contributed by atoms with Crippen molar-refractivity contribution in [3.05, 3.63) is 0 Å². The van der Waals surface area contributed by atoms with Crippen molar-refractivity contribution in [2.75, 3.05) is 6.54 Å². The van der Waals surface area contributed by atoms with E-state index in [0.717, 1.165) is 0 Å². The number of hydrogen-bond acceptors (Lipinski definition) is 3. The predicted octanol–water partition coefficient (Wildman–Crippen LogP) is 0.391. The Kier molecular flexibility index (Phi) is 6.89. The molecule has 0 radical (unpaired) electrons. The third-order valence-electron chi connectivity index (χ3n) is 2.51. The molecule has 19 heavy (non-hydrogen) atoms. The van der Waals surface area contributed by atoms with Crippen LogP contribution in [0.1, 0.15) is 34.1 Å². The van der Waals surface area contributed by atoms with E-state index < -0.39 is 23.9 Å². The average Bonchev–Trinajstić information content (AvgIpc) is 2.23. The number of carboxylic acids is 1. The molecule has 1 unspecified atom stereocenters. The van der Waals surface area contributed by atoms with Gasteiger partial charge >= 0.3 is 12.0 Å². The first-order valence-electron chi connectivity index (χ1n) is 6.23. The highest BCUT2D eigenvalue weighted by Gasteiger charge is 2.25. The fourth-order valence-electron chi connectivity index (χ4n) is 1.58.